The molecule has 0 aromatic heterocycles. The Morgan fingerprint density at radius 3 is 1.61 bits per heavy atom. The molecule has 1 aliphatic carbocycles. The molecule has 0 amide bonds. The molecule has 108 valence electrons. The summed E-state index contributed by atoms with van der Waals surface area (Å²) in [4.78, 5) is 0. The van der Waals surface area contributed by atoms with Crippen LogP contribution in [-0.2, 0) is 10.0 Å². The average molecular weight is 287 g/mol. The van der Waals surface area contributed by atoms with Crippen molar-refractivity contribution in [2.75, 3.05) is 0 Å². The lowest BCUT2D eigenvalue weighted by atomic mass is 9.98. The van der Waals surface area contributed by atoms with E-state index < -0.39 is 21.6 Å². The molecule has 0 spiro atoms. The van der Waals surface area contributed by atoms with E-state index >= 15 is 0 Å². The van der Waals surface area contributed by atoms with E-state index in [0.29, 0.717) is 12.8 Å². The van der Waals surface area contributed by atoms with Gasteiger partial charge in [-0.25, -0.2) is 13.1 Å². The Bertz CT molecular complexity index is 331. The second-order valence-electron chi connectivity index (χ2n) is 4.82. The number of nitrogens with one attached hydrogen (secondary N) is 1. The summed E-state index contributed by atoms with van der Waals surface area (Å²) >= 11 is 0. The van der Waals surface area contributed by atoms with Crippen LogP contribution in [0.5, 0.6) is 0 Å². The van der Waals surface area contributed by atoms with E-state index in [1.54, 1.807) is 4.72 Å². The summed E-state index contributed by atoms with van der Waals surface area (Å²) < 4.78 is 60.7. The van der Waals surface area contributed by atoms with E-state index in [0.717, 1.165) is 38.5 Å². The summed E-state index contributed by atoms with van der Waals surface area (Å²) in [5.41, 5.74) is -5.21. The molecule has 0 radical (unpaired) electrons. The Morgan fingerprint density at radius 1 is 0.833 bits per heavy atom. The molecule has 7 heteroatoms. The largest absolute Gasteiger partial charge is 0.511 e. The van der Waals surface area contributed by atoms with Crippen molar-refractivity contribution >= 4 is 10.0 Å². The Hall–Kier alpha value is -0.300. The molecule has 18 heavy (non-hydrogen) atoms. The first-order valence-electron chi connectivity index (χ1n) is 6.41. The minimum Gasteiger partial charge on any atom is -0.204 e. The molecule has 3 nitrogen and oxygen atoms in total. The van der Waals surface area contributed by atoms with Crippen LogP contribution in [0.15, 0.2) is 0 Å². The predicted molar refractivity (Wildman–Crippen MR) is 63.5 cm³/mol. The van der Waals surface area contributed by atoms with Gasteiger partial charge in [-0.1, -0.05) is 44.9 Å². The van der Waals surface area contributed by atoms with Crippen molar-refractivity contribution in [2.24, 2.45) is 0 Å². The summed E-state index contributed by atoms with van der Waals surface area (Å²) in [5, 5.41) is 0. The first kappa shape index (κ1) is 15.8. The molecule has 0 unspecified atom stereocenters. The van der Waals surface area contributed by atoms with E-state index in [1.807, 2.05) is 0 Å². The van der Waals surface area contributed by atoms with Crippen molar-refractivity contribution in [1.29, 1.82) is 0 Å². The quantitative estimate of drug-likeness (QED) is 0.847. The Labute approximate surface area is 106 Å². The predicted octanol–water partition coefficient (Wildman–Crippen LogP) is 3.32. The van der Waals surface area contributed by atoms with Gasteiger partial charge in [-0.05, 0) is 12.8 Å². The van der Waals surface area contributed by atoms with Crippen LogP contribution in [0.3, 0.4) is 0 Å². The molecule has 1 aliphatic rings. The third-order valence-corrected chi connectivity index (χ3v) is 4.48. The third kappa shape index (κ3) is 5.14. The number of halogens is 3. The van der Waals surface area contributed by atoms with Crippen LogP contribution in [0.25, 0.3) is 0 Å². The van der Waals surface area contributed by atoms with Gasteiger partial charge in [0.25, 0.3) is 0 Å². The second-order valence-corrected chi connectivity index (χ2v) is 6.52. The minimum absolute atomic E-state index is 0.495. The van der Waals surface area contributed by atoms with Gasteiger partial charge < -0.3 is 0 Å². The summed E-state index contributed by atoms with van der Waals surface area (Å²) in [6.07, 6.45) is 7.81. The fourth-order valence-corrected chi connectivity index (χ4v) is 3.02. The highest BCUT2D eigenvalue weighted by Crippen LogP contribution is 2.24. The number of alkyl halides is 3. The highest BCUT2D eigenvalue weighted by atomic mass is 32.2. The molecule has 1 fully saturated rings. The molecule has 1 saturated carbocycles. The molecule has 0 aliphatic heterocycles. The number of hydrogen-bond acceptors (Lipinski definition) is 2. The SMILES string of the molecule is O=S(=O)(NC1CCCCCCCCC1)C(F)(F)F. The van der Waals surface area contributed by atoms with Gasteiger partial charge in [-0.2, -0.15) is 13.2 Å². The van der Waals surface area contributed by atoms with Crippen molar-refractivity contribution in [2.45, 2.75) is 69.3 Å². The van der Waals surface area contributed by atoms with Gasteiger partial charge >= 0.3 is 15.5 Å². The Balaban J connectivity index is 2.56. The van der Waals surface area contributed by atoms with Gasteiger partial charge in [0.05, 0.1) is 0 Å². The fourth-order valence-electron chi connectivity index (χ4n) is 2.21. The molecule has 0 saturated heterocycles. The van der Waals surface area contributed by atoms with E-state index in [-0.39, 0.29) is 0 Å². The summed E-state index contributed by atoms with van der Waals surface area (Å²) in [7, 11) is -5.20. The molecule has 1 rings (SSSR count). The van der Waals surface area contributed by atoms with Gasteiger partial charge in [0.15, 0.2) is 0 Å². The van der Waals surface area contributed by atoms with Gasteiger partial charge in [0, 0.05) is 6.04 Å². The lowest BCUT2D eigenvalue weighted by Crippen LogP contribution is -2.42. The molecule has 0 heterocycles. The lowest BCUT2D eigenvalue weighted by molar-refractivity contribution is -0.0451. The smallest absolute Gasteiger partial charge is 0.204 e. The van der Waals surface area contributed by atoms with Crippen molar-refractivity contribution in [3.63, 3.8) is 0 Å². The normalized spacial score (nSPS) is 21.7. The van der Waals surface area contributed by atoms with Gasteiger partial charge in [0.1, 0.15) is 0 Å². The third-order valence-electron chi connectivity index (χ3n) is 3.23. The standard InChI is InChI=1S/C11H20F3NO2S/c12-11(13,14)18(16,17)15-10-8-6-4-2-1-3-5-7-9-10/h10,15H,1-9H2. The molecular weight excluding hydrogens is 267 g/mol. The highest BCUT2D eigenvalue weighted by Gasteiger charge is 2.46. The van der Waals surface area contributed by atoms with E-state index in [4.69, 9.17) is 0 Å². The molecule has 1 N–H and O–H groups in total. The van der Waals surface area contributed by atoms with Gasteiger partial charge in [-0.15, -0.1) is 0 Å². The lowest BCUT2D eigenvalue weighted by Gasteiger charge is -2.20. The van der Waals surface area contributed by atoms with Crippen molar-refractivity contribution in [3.8, 4) is 0 Å². The van der Waals surface area contributed by atoms with Crippen LogP contribution in [0.2, 0.25) is 0 Å². The molecule has 0 aromatic carbocycles. The van der Waals surface area contributed by atoms with Crippen molar-refractivity contribution in [3.05, 3.63) is 0 Å². The van der Waals surface area contributed by atoms with Crippen LogP contribution in [-0.4, -0.2) is 20.0 Å². The van der Waals surface area contributed by atoms with E-state index in [2.05, 4.69) is 0 Å². The van der Waals surface area contributed by atoms with Gasteiger partial charge in [-0.3, -0.25) is 0 Å². The second kappa shape index (κ2) is 6.75. The molecule has 0 atom stereocenters. The number of sulfonamides is 1. The van der Waals surface area contributed by atoms with Crippen molar-refractivity contribution < 1.29 is 21.6 Å². The van der Waals surface area contributed by atoms with Gasteiger partial charge in [0.2, 0.25) is 0 Å². The number of rotatable bonds is 2. The zero-order valence-corrected chi connectivity index (χ0v) is 11.1. The maximum atomic E-state index is 12.3. The monoisotopic (exact) mass is 287 g/mol. The zero-order valence-electron chi connectivity index (χ0n) is 10.3. The van der Waals surface area contributed by atoms with Crippen molar-refractivity contribution in [1.82, 2.24) is 4.72 Å². The van der Waals surface area contributed by atoms with Crippen LogP contribution >= 0.6 is 0 Å². The first-order valence-corrected chi connectivity index (χ1v) is 7.90. The highest BCUT2D eigenvalue weighted by molar-refractivity contribution is 7.90. The summed E-state index contributed by atoms with van der Waals surface area (Å²) in [5.74, 6) is 0. The zero-order chi connectivity index (χ0) is 13.6. The topological polar surface area (TPSA) is 46.2 Å². The van der Waals surface area contributed by atoms with Crippen LogP contribution < -0.4 is 4.72 Å². The Kier molecular flexibility index (Phi) is 5.91. The van der Waals surface area contributed by atoms with Crippen LogP contribution in [0, 0.1) is 0 Å². The minimum atomic E-state index is -5.21. The number of hydrogen-bond donors (Lipinski definition) is 1. The maximum Gasteiger partial charge on any atom is 0.511 e. The van der Waals surface area contributed by atoms with E-state index in [9.17, 15) is 21.6 Å². The first-order chi connectivity index (χ1) is 8.33. The van der Waals surface area contributed by atoms with E-state index in [1.165, 1.54) is 6.42 Å². The Morgan fingerprint density at radius 2 is 1.22 bits per heavy atom. The fraction of sp³-hybridized carbons (Fsp3) is 1.00. The molecular formula is C11H20F3NO2S. The molecule has 0 bridgehead atoms. The summed E-state index contributed by atoms with van der Waals surface area (Å²) in [6.45, 7) is 0. The maximum absolute atomic E-state index is 12.3. The molecule has 0 aromatic rings. The summed E-state index contributed by atoms with van der Waals surface area (Å²) in [6, 6.07) is -0.574. The van der Waals surface area contributed by atoms with Crippen LogP contribution in [0.1, 0.15) is 57.8 Å². The van der Waals surface area contributed by atoms with Crippen LogP contribution in [0.4, 0.5) is 13.2 Å². The average Bonchev–Trinajstić information content (AvgIpc) is 2.25.